The van der Waals surface area contributed by atoms with E-state index in [4.69, 9.17) is 0 Å². The van der Waals surface area contributed by atoms with Crippen molar-refractivity contribution in [3.8, 4) is 0 Å². The Balaban J connectivity index is -0.000000231. The zero-order chi connectivity index (χ0) is 18.2. The van der Waals surface area contributed by atoms with Crippen molar-refractivity contribution >= 4 is 19.6 Å². The average molecular weight is 392 g/mol. The number of hydrogen-bond donors (Lipinski definition) is 0. The van der Waals surface area contributed by atoms with Crippen molar-refractivity contribution in [1.82, 2.24) is 0 Å². The Kier molecular flexibility index (Phi) is 9.17. The predicted octanol–water partition coefficient (Wildman–Crippen LogP) is 5.58. The first-order valence-corrected chi connectivity index (χ1v) is 11.3. The molecular formula is C11H22CuF6O2Si. The van der Waals surface area contributed by atoms with Gasteiger partial charge in [0.1, 0.15) is 11.6 Å². The summed E-state index contributed by atoms with van der Waals surface area (Å²) in [6.07, 6.45) is 2.10. The Morgan fingerprint density at radius 2 is 1.19 bits per heavy atom. The Labute approximate surface area is 123 Å². The zero-order valence-corrected chi connectivity index (χ0v) is 14.5. The number of rotatable bonds is 4. The molecule has 0 rings (SSSR count). The van der Waals surface area contributed by atoms with E-state index < -0.39 is 21.5 Å². The van der Waals surface area contributed by atoms with E-state index in [0.29, 0.717) is 0 Å². The quantitative estimate of drug-likeness (QED) is 0.271. The summed E-state index contributed by atoms with van der Waals surface area (Å²) in [5, 5.41) is 0. The molecule has 0 saturated carbocycles. The van der Waals surface area contributed by atoms with Crippen molar-refractivity contribution in [2.45, 2.75) is 46.0 Å². The van der Waals surface area contributed by atoms with Crippen molar-refractivity contribution in [3.63, 3.8) is 0 Å². The zero-order valence-electron chi connectivity index (χ0n) is 12.6. The van der Waals surface area contributed by atoms with Gasteiger partial charge in [0, 0.05) is 8.07 Å². The molecule has 0 N–H and O–H groups in total. The summed E-state index contributed by atoms with van der Waals surface area (Å²) in [5.41, 5.74) is 0. The van der Waals surface area contributed by atoms with Gasteiger partial charge >= 0.3 is 34.8 Å². The second-order valence-electron chi connectivity index (χ2n) is 5.28. The minimum absolute atomic E-state index is 0.0625. The Bertz CT molecular complexity index is 345. The summed E-state index contributed by atoms with van der Waals surface area (Å²) in [6, 6.07) is 1.24. The number of carbonyl (C=O) groups is 2. The topological polar surface area (TPSA) is 34.1 Å². The number of hydrogen-bond acceptors (Lipinski definition) is 2. The third-order valence-electron chi connectivity index (χ3n) is 1.25. The maximum atomic E-state index is 10.0. The number of allylic oxidation sites excluding steroid dienone is 1. The van der Waals surface area contributed by atoms with Crippen LogP contribution < -0.4 is 0 Å². The molecular weight excluding hydrogens is 370 g/mol. The molecule has 0 unspecified atom stereocenters. The summed E-state index contributed by atoms with van der Waals surface area (Å²) >= 11 is -10.4. The molecule has 0 aromatic heterocycles. The standard InChI is InChI=1S/C6H14Si.C5H8O2.Cu.6FH/c1-5-6-7(2,3)4;1-4(6)3-5(2)7;;;;;;;/h5H,1,6H2,2-4H3;3H2,1-2H3;;6*1H/q;;+6;;;;;;/p-6. The minimum atomic E-state index is -10.4. The van der Waals surface area contributed by atoms with Gasteiger partial charge in [0.25, 0.3) is 0 Å². The van der Waals surface area contributed by atoms with Gasteiger partial charge in [-0.25, -0.2) is 0 Å². The van der Waals surface area contributed by atoms with Crippen LogP contribution in [0.4, 0.5) is 21.3 Å². The van der Waals surface area contributed by atoms with Gasteiger partial charge < -0.3 is 0 Å². The van der Waals surface area contributed by atoms with Gasteiger partial charge in [0.2, 0.25) is 0 Å². The molecule has 10 heteroatoms. The van der Waals surface area contributed by atoms with Gasteiger partial charge in [-0.05, 0) is 19.9 Å². The first kappa shape index (κ1) is 25.4. The number of carbonyl (C=O) groups excluding carboxylic acids is 2. The van der Waals surface area contributed by atoms with Crippen LogP contribution in [0.25, 0.3) is 0 Å². The van der Waals surface area contributed by atoms with Crippen molar-refractivity contribution in [3.05, 3.63) is 12.7 Å². The molecule has 0 amide bonds. The summed E-state index contributed by atoms with van der Waals surface area (Å²) in [6.45, 7) is 13.5. The SMILES string of the molecule is C=CC[Si](C)(C)C.CC(=O)CC(C)=O.[F][Cu]([F])([F])([F])([F])[F]. The Morgan fingerprint density at radius 3 is 1.19 bits per heavy atom. The summed E-state index contributed by atoms with van der Waals surface area (Å²) < 4.78 is 59.1. The Hall–Kier alpha value is -0.604. The average Bonchev–Trinajstić information content (AvgIpc) is 1.91. The van der Waals surface area contributed by atoms with Gasteiger partial charge in [-0.2, -0.15) is 0 Å². The monoisotopic (exact) mass is 391 g/mol. The van der Waals surface area contributed by atoms with Crippen LogP contribution in [0.2, 0.25) is 25.7 Å². The first-order valence-electron chi connectivity index (χ1n) is 5.47. The van der Waals surface area contributed by atoms with Crippen molar-refractivity contribution in [1.29, 1.82) is 0 Å². The van der Waals surface area contributed by atoms with Crippen LogP contribution in [-0.2, 0) is 23.0 Å². The molecule has 0 bridgehead atoms. The molecule has 0 fully saturated rings. The van der Waals surface area contributed by atoms with Gasteiger partial charge in [-0.15, -0.1) is 6.58 Å². The van der Waals surface area contributed by atoms with Crippen molar-refractivity contribution in [2.75, 3.05) is 0 Å². The third-order valence-corrected chi connectivity index (χ3v) is 2.77. The molecule has 0 aliphatic carbocycles. The van der Waals surface area contributed by atoms with E-state index in [2.05, 4.69) is 26.2 Å². The van der Waals surface area contributed by atoms with Crippen LogP contribution >= 0.6 is 0 Å². The third kappa shape index (κ3) is 107. The van der Waals surface area contributed by atoms with Gasteiger partial charge in [-0.1, -0.05) is 25.7 Å². The van der Waals surface area contributed by atoms with Gasteiger partial charge in [-0.3, -0.25) is 9.59 Å². The van der Waals surface area contributed by atoms with Crippen molar-refractivity contribution in [2.24, 2.45) is 0 Å². The Morgan fingerprint density at radius 1 is 0.952 bits per heavy atom. The van der Waals surface area contributed by atoms with E-state index in [9.17, 15) is 30.9 Å². The second-order valence-corrected chi connectivity index (χ2v) is 12.8. The van der Waals surface area contributed by atoms with Gasteiger partial charge in [0.15, 0.2) is 0 Å². The van der Waals surface area contributed by atoms with E-state index in [-0.39, 0.29) is 18.0 Å². The van der Waals surface area contributed by atoms with Crippen LogP contribution in [0.5, 0.6) is 0 Å². The number of ketones is 2. The first-order chi connectivity index (χ1) is 8.64. The molecule has 135 valence electrons. The van der Waals surface area contributed by atoms with Crippen LogP contribution in [0.1, 0.15) is 20.3 Å². The van der Waals surface area contributed by atoms with Gasteiger partial charge in [0.05, 0.1) is 6.42 Å². The molecule has 0 aromatic carbocycles. The fourth-order valence-electron chi connectivity index (χ4n) is 0.784. The fraction of sp³-hybridized carbons (Fsp3) is 0.636. The fourth-order valence-corrected chi connectivity index (χ4v) is 1.65. The summed E-state index contributed by atoms with van der Waals surface area (Å²) in [4.78, 5) is 20.1. The molecule has 0 aliphatic rings. The molecule has 0 aromatic rings. The van der Waals surface area contributed by atoms with Crippen LogP contribution in [-0.4, -0.2) is 19.6 Å². The molecule has 0 heterocycles. The molecule has 0 spiro atoms. The molecule has 0 radical (unpaired) electrons. The van der Waals surface area contributed by atoms with E-state index in [0.717, 1.165) is 0 Å². The van der Waals surface area contributed by atoms with Crippen LogP contribution in [0, 0.1) is 0 Å². The molecule has 0 saturated heterocycles. The van der Waals surface area contributed by atoms with Crippen LogP contribution in [0.3, 0.4) is 0 Å². The number of Topliss-reactive ketones (excluding diaryl/α,β-unsaturated/α-hetero) is 2. The van der Waals surface area contributed by atoms with Crippen molar-refractivity contribution < 1.29 is 44.4 Å². The van der Waals surface area contributed by atoms with E-state index >= 15 is 0 Å². The van der Waals surface area contributed by atoms with Crippen LogP contribution in [0.15, 0.2) is 12.7 Å². The van der Waals surface area contributed by atoms with E-state index in [1.165, 1.54) is 19.9 Å². The molecule has 0 aliphatic heterocycles. The maximum absolute atomic E-state index is 10.4. The normalized spacial score (nSPS) is 14.2. The van der Waals surface area contributed by atoms with E-state index in [1.54, 1.807) is 0 Å². The second kappa shape index (κ2) is 7.60. The summed E-state index contributed by atoms with van der Waals surface area (Å²) in [7, 11) is -0.775. The van der Waals surface area contributed by atoms with E-state index in [1.807, 2.05) is 6.08 Å². The number of halogens is 6. The molecule has 2 nitrogen and oxygen atoms in total. The summed E-state index contributed by atoms with van der Waals surface area (Å²) in [5.74, 6) is -0.125. The molecule has 0 atom stereocenters. The molecule has 21 heavy (non-hydrogen) atoms. The predicted molar refractivity (Wildman–Crippen MR) is 71.0 cm³/mol.